The number of rotatable bonds is 6. The molecule has 0 saturated carbocycles. The van der Waals surface area contributed by atoms with E-state index in [-0.39, 0.29) is 13.0 Å². The largest absolute Gasteiger partial charge is 0.480 e. The van der Waals surface area contributed by atoms with E-state index < -0.39 is 18.1 Å². The first-order chi connectivity index (χ1) is 9.56. The Kier molecular flexibility index (Phi) is 4.44. The van der Waals surface area contributed by atoms with Gasteiger partial charge in [0.2, 0.25) is 0 Å². The van der Waals surface area contributed by atoms with Crippen LogP contribution in [0.2, 0.25) is 0 Å². The van der Waals surface area contributed by atoms with Crippen LogP contribution in [-0.4, -0.2) is 37.2 Å². The van der Waals surface area contributed by atoms with Gasteiger partial charge in [0.1, 0.15) is 6.04 Å². The second-order valence-corrected chi connectivity index (χ2v) is 4.51. The molecule has 0 aliphatic carbocycles. The third-order valence-corrected chi connectivity index (χ3v) is 2.88. The van der Waals surface area contributed by atoms with Crippen LogP contribution in [0.4, 0.5) is 0 Å². The molecule has 7 heteroatoms. The van der Waals surface area contributed by atoms with E-state index in [4.69, 9.17) is 10.8 Å². The summed E-state index contributed by atoms with van der Waals surface area (Å²) < 4.78 is 1.47. The molecular formula is C13H16N4O3. The fourth-order valence-corrected chi connectivity index (χ4v) is 1.79. The Balaban J connectivity index is 1.97. The number of aliphatic hydroxyl groups excluding tert-OH is 1. The molecule has 0 radical (unpaired) electrons. The van der Waals surface area contributed by atoms with Crippen LogP contribution in [0.25, 0.3) is 0 Å². The van der Waals surface area contributed by atoms with Gasteiger partial charge in [0.25, 0.3) is 0 Å². The van der Waals surface area contributed by atoms with Gasteiger partial charge in [0.05, 0.1) is 18.3 Å². The van der Waals surface area contributed by atoms with Crippen LogP contribution in [0, 0.1) is 0 Å². The molecule has 0 aliphatic rings. The first-order valence-corrected chi connectivity index (χ1v) is 6.16. The Morgan fingerprint density at radius 1 is 1.35 bits per heavy atom. The van der Waals surface area contributed by atoms with Crippen LogP contribution in [0.1, 0.15) is 17.4 Å². The SMILES string of the molecule is NC(Cc1cn(CC(O)c2ccccc2)nn1)C(=O)O. The second-order valence-electron chi connectivity index (χ2n) is 4.51. The summed E-state index contributed by atoms with van der Waals surface area (Å²) >= 11 is 0. The van der Waals surface area contributed by atoms with Crippen molar-refractivity contribution in [3.63, 3.8) is 0 Å². The van der Waals surface area contributed by atoms with Crippen molar-refractivity contribution < 1.29 is 15.0 Å². The predicted octanol–water partition coefficient (Wildman–Crippen LogP) is -0.0339. The highest BCUT2D eigenvalue weighted by atomic mass is 16.4. The van der Waals surface area contributed by atoms with E-state index >= 15 is 0 Å². The van der Waals surface area contributed by atoms with Crippen molar-refractivity contribution in [3.8, 4) is 0 Å². The number of hydrogen-bond donors (Lipinski definition) is 3. The van der Waals surface area contributed by atoms with Crippen LogP contribution in [0.5, 0.6) is 0 Å². The quantitative estimate of drug-likeness (QED) is 0.682. The Morgan fingerprint density at radius 2 is 2.05 bits per heavy atom. The number of nitrogens with two attached hydrogens (primary N) is 1. The minimum absolute atomic E-state index is 0.108. The fraction of sp³-hybridized carbons (Fsp3) is 0.308. The predicted molar refractivity (Wildman–Crippen MR) is 70.7 cm³/mol. The molecule has 7 nitrogen and oxygen atoms in total. The number of nitrogens with zero attached hydrogens (tertiary/aromatic N) is 3. The van der Waals surface area contributed by atoms with Gasteiger partial charge >= 0.3 is 5.97 Å². The smallest absolute Gasteiger partial charge is 0.320 e. The molecule has 2 unspecified atom stereocenters. The van der Waals surface area contributed by atoms with E-state index in [1.165, 1.54) is 4.68 Å². The summed E-state index contributed by atoms with van der Waals surface area (Å²) in [5, 5.41) is 26.5. The molecular weight excluding hydrogens is 260 g/mol. The van der Waals surface area contributed by atoms with Crippen molar-refractivity contribution in [2.24, 2.45) is 5.73 Å². The highest BCUT2D eigenvalue weighted by Crippen LogP contribution is 2.14. The zero-order valence-corrected chi connectivity index (χ0v) is 10.8. The third kappa shape index (κ3) is 3.62. The summed E-state index contributed by atoms with van der Waals surface area (Å²) in [6.45, 7) is 0.249. The van der Waals surface area contributed by atoms with Crippen LogP contribution < -0.4 is 5.73 Å². The first-order valence-electron chi connectivity index (χ1n) is 6.16. The van der Waals surface area contributed by atoms with E-state index in [9.17, 15) is 9.90 Å². The zero-order valence-electron chi connectivity index (χ0n) is 10.8. The standard InChI is InChI=1S/C13H16N4O3/c14-11(13(19)20)6-10-7-17(16-15-10)8-12(18)9-4-2-1-3-5-9/h1-5,7,11-12,18H,6,8,14H2,(H,19,20). The Labute approximate surface area is 115 Å². The lowest BCUT2D eigenvalue weighted by atomic mass is 10.1. The van der Waals surface area contributed by atoms with Crippen molar-refractivity contribution in [1.29, 1.82) is 0 Å². The molecule has 0 bridgehead atoms. The Hall–Kier alpha value is -2.25. The topological polar surface area (TPSA) is 114 Å². The number of aromatic nitrogens is 3. The highest BCUT2D eigenvalue weighted by molar-refractivity contribution is 5.73. The lowest BCUT2D eigenvalue weighted by molar-refractivity contribution is -0.138. The van der Waals surface area contributed by atoms with Crippen molar-refractivity contribution in [1.82, 2.24) is 15.0 Å². The number of carboxylic acids is 1. The summed E-state index contributed by atoms with van der Waals surface area (Å²) in [4.78, 5) is 10.7. The van der Waals surface area contributed by atoms with Gasteiger partial charge in [0, 0.05) is 12.6 Å². The summed E-state index contributed by atoms with van der Waals surface area (Å²) in [6, 6.07) is 8.20. The zero-order chi connectivity index (χ0) is 14.5. The maximum atomic E-state index is 10.7. The fourth-order valence-electron chi connectivity index (χ4n) is 1.79. The second kappa shape index (κ2) is 6.27. The number of carboxylic acid groups (broad SMARTS) is 1. The summed E-state index contributed by atoms with van der Waals surface area (Å²) in [6.07, 6.45) is 1.00. The van der Waals surface area contributed by atoms with E-state index in [1.807, 2.05) is 30.3 Å². The van der Waals surface area contributed by atoms with Crippen molar-refractivity contribution in [2.75, 3.05) is 0 Å². The molecule has 0 aliphatic heterocycles. The van der Waals surface area contributed by atoms with Gasteiger partial charge in [-0.2, -0.15) is 0 Å². The van der Waals surface area contributed by atoms with Gasteiger partial charge in [-0.1, -0.05) is 35.5 Å². The molecule has 1 aromatic carbocycles. The summed E-state index contributed by atoms with van der Waals surface area (Å²) in [5.74, 6) is -1.08. The molecule has 1 heterocycles. The maximum absolute atomic E-state index is 10.7. The van der Waals surface area contributed by atoms with Crippen molar-refractivity contribution >= 4 is 5.97 Å². The van der Waals surface area contributed by atoms with E-state index in [2.05, 4.69) is 10.3 Å². The van der Waals surface area contributed by atoms with Crippen LogP contribution in [0.3, 0.4) is 0 Å². The summed E-state index contributed by atoms with van der Waals surface area (Å²) in [5.41, 5.74) is 6.69. The van der Waals surface area contributed by atoms with Gasteiger partial charge in [-0.15, -0.1) is 5.10 Å². The molecule has 1 aromatic heterocycles. The van der Waals surface area contributed by atoms with Crippen LogP contribution in [0.15, 0.2) is 36.5 Å². The molecule has 0 amide bonds. The molecule has 2 rings (SSSR count). The Morgan fingerprint density at radius 3 is 2.70 bits per heavy atom. The van der Waals surface area contributed by atoms with E-state index in [0.29, 0.717) is 5.69 Å². The number of aliphatic carboxylic acids is 1. The molecule has 20 heavy (non-hydrogen) atoms. The number of benzene rings is 1. The first kappa shape index (κ1) is 14.2. The van der Waals surface area contributed by atoms with Crippen LogP contribution in [-0.2, 0) is 17.8 Å². The molecule has 2 aromatic rings. The molecule has 4 N–H and O–H groups in total. The Bertz CT molecular complexity index is 570. The number of aliphatic hydroxyl groups is 1. The van der Waals surface area contributed by atoms with Crippen LogP contribution >= 0.6 is 0 Å². The van der Waals surface area contributed by atoms with Gasteiger partial charge < -0.3 is 15.9 Å². The van der Waals surface area contributed by atoms with Gasteiger partial charge in [-0.25, -0.2) is 4.68 Å². The highest BCUT2D eigenvalue weighted by Gasteiger charge is 2.15. The lowest BCUT2D eigenvalue weighted by Gasteiger charge is -2.10. The average Bonchev–Trinajstić information content (AvgIpc) is 2.86. The monoisotopic (exact) mass is 276 g/mol. The molecule has 2 atom stereocenters. The molecule has 0 fully saturated rings. The average molecular weight is 276 g/mol. The van der Waals surface area contributed by atoms with E-state index in [1.54, 1.807) is 6.20 Å². The van der Waals surface area contributed by atoms with Gasteiger partial charge in [-0.3, -0.25) is 4.79 Å². The minimum atomic E-state index is -1.08. The van der Waals surface area contributed by atoms with Gasteiger partial charge in [0.15, 0.2) is 0 Å². The van der Waals surface area contributed by atoms with Gasteiger partial charge in [-0.05, 0) is 5.56 Å². The lowest BCUT2D eigenvalue weighted by Crippen LogP contribution is -2.32. The summed E-state index contributed by atoms with van der Waals surface area (Å²) in [7, 11) is 0. The van der Waals surface area contributed by atoms with Crippen molar-refractivity contribution in [2.45, 2.75) is 25.1 Å². The molecule has 106 valence electrons. The molecule has 0 spiro atoms. The van der Waals surface area contributed by atoms with Crippen molar-refractivity contribution in [3.05, 3.63) is 47.8 Å². The number of carbonyl (C=O) groups is 1. The minimum Gasteiger partial charge on any atom is -0.480 e. The third-order valence-electron chi connectivity index (χ3n) is 2.88. The maximum Gasteiger partial charge on any atom is 0.320 e. The number of hydrogen-bond acceptors (Lipinski definition) is 5. The van der Waals surface area contributed by atoms with E-state index in [0.717, 1.165) is 5.56 Å². The molecule has 0 saturated heterocycles. The normalized spacial score (nSPS) is 13.9.